The fourth-order valence-electron chi connectivity index (χ4n) is 3.23. The van der Waals surface area contributed by atoms with Gasteiger partial charge in [0.25, 0.3) is 5.91 Å². The standard InChI is InChI=1S/C22H23N3O2S/c26-22(21-14-18(17-28-21)16-27-20-7-2-1-3-8-20)25-12-10-24(11-13-25)15-19-6-4-5-9-23-19/h1-9,14,17H,10-13,15-16H2. The molecule has 1 amide bonds. The van der Waals surface area contributed by atoms with Crippen LogP contribution in [0.15, 0.2) is 66.2 Å². The molecule has 0 atom stereocenters. The first-order valence-electron chi connectivity index (χ1n) is 9.45. The highest BCUT2D eigenvalue weighted by atomic mass is 32.1. The van der Waals surface area contributed by atoms with Crippen molar-refractivity contribution in [2.45, 2.75) is 13.2 Å². The number of carbonyl (C=O) groups excluding carboxylic acids is 1. The molecule has 1 fully saturated rings. The Balaban J connectivity index is 1.28. The van der Waals surface area contributed by atoms with Gasteiger partial charge < -0.3 is 9.64 Å². The zero-order valence-corrected chi connectivity index (χ0v) is 16.5. The van der Waals surface area contributed by atoms with Gasteiger partial charge in [0.2, 0.25) is 0 Å². The van der Waals surface area contributed by atoms with Crippen LogP contribution < -0.4 is 4.74 Å². The second kappa shape index (κ2) is 8.99. The van der Waals surface area contributed by atoms with Crippen LogP contribution >= 0.6 is 11.3 Å². The number of piperazine rings is 1. The molecule has 6 heteroatoms. The Morgan fingerprint density at radius 1 is 1.04 bits per heavy atom. The van der Waals surface area contributed by atoms with Crippen molar-refractivity contribution in [2.24, 2.45) is 0 Å². The van der Waals surface area contributed by atoms with Crippen LogP contribution in [0.3, 0.4) is 0 Å². The molecule has 5 nitrogen and oxygen atoms in total. The maximum atomic E-state index is 12.8. The number of ether oxygens (including phenoxy) is 1. The lowest BCUT2D eigenvalue weighted by Crippen LogP contribution is -2.48. The Hall–Kier alpha value is -2.70. The van der Waals surface area contributed by atoms with E-state index in [1.807, 2.05) is 71.1 Å². The zero-order valence-electron chi connectivity index (χ0n) is 15.7. The van der Waals surface area contributed by atoms with Crippen LogP contribution in [0.1, 0.15) is 20.9 Å². The maximum Gasteiger partial charge on any atom is 0.264 e. The Labute approximate surface area is 169 Å². The minimum Gasteiger partial charge on any atom is -0.489 e. The second-order valence-corrected chi connectivity index (χ2v) is 7.72. The first-order valence-corrected chi connectivity index (χ1v) is 10.3. The van der Waals surface area contributed by atoms with Crippen LogP contribution in [0, 0.1) is 0 Å². The predicted molar refractivity (Wildman–Crippen MR) is 111 cm³/mol. The summed E-state index contributed by atoms with van der Waals surface area (Å²) in [5, 5.41) is 2.01. The van der Waals surface area contributed by atoms with E-state index in [4.69, 9.17) is 4.74 Å². The summed E-state index contributed by atoms with van der Waals surface area (Å²) in [7, 11) is 0. The van der Waals surface area contributed by atoms with Crippen LogP contribution in [-0.2, 0) is 13.2 Å². The lowest BCUT2D eigenvalue weighted by molar-refractivity contribution is 0.0631. The summed E-state index contributed by atoms with van der Waals surface area (Å²) in [4.78, 5) is 22.3. The van der Waals surface area contributed by atoms with E-state index in [-0.39, 0.29) is 5.91 Å². The smallest absolute Gasteiger partial charge is 0.264 e. The monoisotopic (exact) mass is 393 g/mol. The molecule has 1 aliphatic heterocycles. The van der Waals surface area contributed by atoms with Gasteiger partial charge in [-0.1, -0.05) is 24.3 Å². The predicted octanol–water partition coefficient (Wildman–Crippen LogP) is 3.68. The molecule has 4 rings (SSSR count). The summed E-state index contributed by atoms with van der Waals surface area (Å²) < 4.78 is 5.77. The summed E-state index contributed by atoms with van der Waals surface area (Å²) in [6, 6.07) is 17.7. The molecule has 0 aliphatic carbocycles. The molecule has 3 heterocycles. The van der Waals surface area contributed by atoms with Gasteiger partial charge in [0, 0.05) is 44.5 Å². The molecule has 0 radical (unpaired) electrons. The van der Waals surface area contributed by atoms with Crippen molar-refractivity contribution in [3.05, 3.63) is 82.3 Å². The zero-order chi connectivity index (χ0) is 19.2. The number of pyridine rings is 1. The normalized spacial score (nSPS) is 14.8. The average Bonchev–Trinajstić information content (AvgIpc) is 3.23. The Morgan fingerprint density at radius 2 is 1.82 bits per heavy atom. The molecule has 1 aliphatic rings. The number of nitrogens with zero attached hydrogens (tertiary/aromatic N) is 3. The summed E-state index contributed by atoms with van der Waals surface area (Å²) >= 11 is 1.50. The molecule has 28 heavy (non-hydrogen) atoms. The third-order valence-corrected chi connectivity index (χ3v) is 5.75. The maximum absolute atomic E-state index is 12.8. The molecule has 0 spiro atoms. The van der Waals surface area contributed by atoms with E-state index in [2.05, 4.69) is 9.88 Å². The molecular formula is C22H23N3O2S. The molecule has 1 saturated heterocycles. The molecule has 144 valence electrons. The number of thiophene rings is 1. The molecule has 0 bridgehead atoms. The molecule has 0 N–H and O–H groups in total. The van der Waals surface area contributed by atoms with Gasteiger partial charge in [-0.05, 0) is 35.7 Å². The highest BCUT2D eigenvalue weighted by molar-refractivity contribution is 7.12. The van der Waals surface area contributed by atoms with Gasteiger partial charge in [-0.3, -0.25) is 14.7 Å². The van der Waals surface area contributed by atoms with E-state index >= 15 is 0 Å². The quantitative estimate of drug-likeness (QED) is 0.641. The van der Waals surface area contributed by atoms with Crippen molar-refractivity contribution in [1.82, 2.24) is 14.8 Å². The third kappa shape index (κ3) is 4.77. The van der Waals surface area contributed by atoms with Crippen LogP contribution in [0.2, 0.25) is 0 Å². The fourth-order valence-corrected chi connectivity index (χ4v) is 4.10. The van der Waals surface area contributed by atoms with Crippen molar-refractivity contribution < 1.29 is 9.53 Å². The van der Waals surface area contributed by atoms with Crippen molar-refractivity contribution in [1.29, 1.82) is 0 Å². The van der Waals surface area contributed by atoms with Crippen LogP contribution in [0.5, 0.6) is 5.75 Å². The van der Waals surface area contributed by atoms with Gasteiger partial charge >= 0.3 is 0 Å². The molecule has 3 aromatic rings. The molecule has 0 unspecified atom stereocenters. The number of benzene rings is 1. The topological polar surface area (TPSA) is 45.7 Å². The Bertz CT molecular complexity index is 890. The fraction of sp³-hybridized carbons (Fsp3) is 0.273. The lowest BCUT2D eigenvalue weighted by atomic mass is 10.2. The number of aromatic nitrogens is 1. The van der Waals surface area contributed by atoms with E-state index in [1.165, 1.54) is 11.3 Å². The van der Waals surface area contributed by atoms with Gasteiger partial charge in [0.05, 0.1) is 10.6 Å². The highest BCUT2D eigenvalue weighted by Crippen LogP contribution is 2.20. The molecule has 1 aromatic carbocycles. The lowest BCUT2D eigenvalue weighted by Gasteiger charge is -2.34. The first kappa shape index (κ1) is 18.7. The first-order chi connectivity index (χ1) is 13.8. The van der Waals surface area contributed by atoms with E-state index < -0.39 is 0 Å². The number of para-hydroxylation sites is 1. The number of carbonyl (C=O) groups is 1. The largest absolute Gasteiger partial charge is 0.489 e. The molecule has 2 aromatic heterocycles. The summed E-state index contributed by atoms with van der Waals surface area (Å²) in [6.07, 6.45) is 1.82. The van der Waals surface area contributed by atoms with Crippen molar-refractivity contribution in [3.63, 3.8) is 0 Å². The summed E-state index contributed by atoms with van der Waals surface area (Å²) in [5.41, 5.74) is 2.11. The van der Waals surface area contributed by atoms with E-state index in [9.17, 15) is 4.79 Å². The van der Waals surface area contributed by atoms with Crippen LogP contribution in [-0.4, -0.2) is 46.9 Å². The van der Waals surface area contributed by atoms with Crippen molar-refractivity contribution in [3.8, 4) is 5.75 Å². The van der Waals surface area contributed by atoms with E-state index in [1.54, 1.807) is 0 Å². The average molecular weight is 394 g/mol. The number of hydrogen-bond donors (Lipinski definition) is 0. The summed E-state index contributed by atoms with van der Waals surface area (Å²) in [6.45, 7) is 4.56. The van der Waals surface area contributed by atoms with Gasteiger partial charge in [-0.25, -0.2) is 0 Å². The van der Waals surface area contributed by atoms with Gasteiger partial charge in [-0.15, -0.1) is 11.3 Å². The van der Waals surface area contributed by atoms with Gasteiger partial charge in [-0.2, -0.15) is 0 Å². The highest BCUT2D eigenvalue weighted by Gasteiger charge is 2.23. The van der Waals surface area contributed by atoms with E-state index in [0.717, 1.165) is 54.6 Å². The third-order valence-electron chi connectivity index (χ3n) is 4.78. The SMILES string of the molecule is O=C(c1cc(COc2ccccc2)cs1)N1CCN(Cc2ccccn2)CC1. The summed E-state index contributed by atoms with van der Waals surface area (Å²) in [5.74, 6) is 0.957. The number of hydrogen-bond acceptors (Lipinski definition) is 5. The van der Waals surface area contributed by atoms with Crippen LogP contribution in [0.4, 0.5) is 0 Å². The van der Waals surface area contributed by atoms with Crippen molar-refractivity contribution in [2.75, 3.05) is 26.2 Å². The molecule has 0 saturated carbocycles. The minimum absolute atomic E-state index is 0.119. The number of rotatable bonds is 6. The van der Waals surface area contributed by atoms with Crippen molar-refractivity contribution >= 4 is 17.2 Å². The Kier molecular flexibility index (Phi) is 5.99. The van der Waals surface area contributed by atoms with Crippen LogP contribution in [0.25, 0.3) is 0 Å². The minimum atomic E-state index is 0.119. The Morgan fingerprint density at radius 3 is 2.57 bits per heavy atom. The number of amides is 1. The van der Waals surface area contributed by atoms with Gasteiger partial charge in [0.15, 0.2) is 0 Å². The second-order valence-electron chi connectivity index (χ2n) is 6.81. The van der Waals surface area contributed by atoms with Gasteiger partial charge in [0.1, 0.15) is 12.4 Å². The molecular weight excluding hydrogens is 370 g/mol. The van der Waals surface area contributed by atoms with E-state index in [0.29, 0.717) is 6.61 Å².